The quantitative estimate of drug-likeness (QED) is 0.354. The van der Waals surface area contributed by atoms with E-state index >= 15 is 0 Å². The summed E-state index contributed by atoms with van der Waals surface area (Å²) in [6.45, 7) is 1.27. The maximum absolute atomic E-state index is 14.4. The predicted octanol–water partition coefficient (Wildman–Crippen LogP) is 3.99. The summed E-state index contributed by atoms with van der Waals surface area (Å²) < 4.78 is 27.4. The lowest BCUT2D eigenvalue weighted by molar-refractivity contribution is 0.0241. The van der Waals surface area contributed by atoms with Gasteiger partial charge in [0.15, 0.2) is 11.6 Å². The first-order valence-electron chi connectivity index (χ1n) is 11.0. The SMILES string of the molecule is C#CCOCC(O)CN(Cc1c(-c2ccccc2)nn(C)c1Oc1ccccc1F)C1CC1. The maximum atomic E-state index is 14.4. The number of aryl methyl sites for hydroxylation is 1. The minimum absolute atomic E-state index is 0.141. The maximum Gasteiger partial charge on any atom is 0.222 e. The van der Waals surface area contributed by atoms with E-state index in [4.69, 9.17) is 21.0 Å². The third-order valence-electron chi connectivity index (χ3n) is 5.54. The smallest absolute Gasteiger partial charge is 0.222 e. The number of aliphatic hydroxyl groups is 1. The molecule has 172 valence electrons. The lowest BCUT2D eigenvalue weighted by Gasteiger charge is -2.25. The highest BCUT2D eigenvalue weighted by atomic mass is 19.1. The first-order chi connectivity index (χ1) is 16.1. The summed E-state index contributed by atoms with van der Waals surface area (Å²) in [5.74, 6) is 2.59. The number of halogens is 1. The minimum atomic E-state index is -0.674. The Hall–Kier alpha value is -3.18. The van der Waals surface area contributed by atoms with E-state index in [1.165, 1.54) is 6.07 Å². The molecule has 1 saturated carbocycles. The van der Waals surface area contributed by atoms with E-state index < -0.39 is 11.9 Å². The average Bonchev–Trinajstić information content (AvgIpc) is 3.62. The van der Waals surface area contributed by atoms with E-state index in [9.17, 15) is 9.50 Å². The van der Waals surface area contributed by atoms with E-state index in [0.717, 1.165) is 29.7 Å². The molecule has 7 heteroatoms. The van der Waals surface area contributed by atoms with Crippen LogP contribution in [-0.4, -0.2) is 51.7 Å². The van der Waals surface area contributed by atoms with Gasteiger partial charge in [0.1, 0.15) is 12.3 Å². The van der Waals surface area contributed by atoms with E-state index in [2.05, 4.69) is 10.8 Å². The molecule has 33 heavy (non-hydrogen) atoms. The van der Waals surface area contributed by atoms with Gasteiger partial charge in [0.2, 0.25) is 5.88 Å². The van der Waals surface area contributed by atoms with E-state index in [1.54, 1.807) is 29.9 Å². The van der Waals surface area contributed by atoms with Gasteiger partial charge >= 0.3 is 0 Å². The number of terminal acetylenes is 1. The monoisotopic (exact) mass is 449 g/mol. The molecule has 0 amide bonds. The summed E-state index contributed by atoms with van der Waals surface area (Å²) in [5.41, 5.74) is 2.56. The highest BCUT2D eigenvalue weighted by Gasteiger charge is 2.33. The Bertz CT molecular complexity index is 1110. The normalized spacial score (nSPS) is 14.3. The lowest BCUT2D eigenvalue weighted by atomic mass is 10.1. The minimum Gasteiger partial charge on any atom is -0.436 e. The molecule has 3 aromatic rings. The number of hydrogen-bond acceptors (Lipinski definition) is 5. The Labute approximate surface area is 193 Å². The van der Waals surface area contributed by atoms with Crippen molar-refractivity contribution >= 4 is 0 Å². The number of aliphatic hydroxyl groups excluding tert-OH is 1. The first kappa shape index (κ1) is 23.0. The van der Waals surface area contributed by atoms with Crippen LogP contribution in [0.2, 0.25) is 0 Å². The molecule has 2 aromatic carbocycles. The molecule has 1 heterocycles. The molecule has 0 spiro atoms. The van der Waals surface area contributed by atoms with Gasteiger partial charge in [-0.3, -0.25) is 4.90 Å². The zero-order chi connectivity index (χ0) is 23.2. The molecule has 4 rings (SSSR count). The van der Waals surface area contributed by atoms with Crippen LogP contribution in [0.4, 0.5) is 4.39 Å². The summed E-state index contributed by atoms with van der Waals surface area (Å²) in [6, 6.07) is 16.5. The van der Waals surface area contributed by atoms with Crippen LogP contribution in [0.1, 0.15) is 18.4 Å². The second-order valence-corrected chi connectivity index (χ2v) is 8.19. The number of rotatable bonds is 11. The number of hydrogen-bond donors (Lipinski definition) is 1. The molecule has 0 saturated heterocycles. The highest BCUT2D eigenvalue weighted by molar-refractivity contribution is 5.65. The summed E-state index contributed by atoms with van der Waals surface area (Å²) >= 11 is 0. The van der Waals surface area contributed by atoms with E-state index in [0.29, 0.717) is 25.0 Å². The van der Waals surface area contributed by atoms with Crippen LogP contribution in [0, 0.1) is 18.2 Å². The molecular formula is C26H28FN3O3. The van der Waals surface area contributed by atoms with Crippen LogP contribution in [0.5, 0.6) is 11.6 Å². The van der Waals surface area contributed by atoms with Crippen LogP contribution < -0.4 is 4.74 Å². The van der Waals surface area contributed by atoms with Crippen LogP contribution in [0.3, 0.4) is 0 Å². The number of aromatic nitrogens is 2. The number of ether oxygens (including phenoxy) is 2. The predicted molar refractivity (Wildman–Crippen MR) is 124 cm³/mol. The van der Waals surface area contributed by atoms with Gasteiger partial charge in [-0.15, -0.1) is 6.42 Å². The molecule has 1 atom stereocenters. The second kappa shape index (κ2) is 10.6. The summed E-state index contributed by atoms with van der Waals surface area (Å²) in [5, 5.41) is 15.2. The first-order valence-corrected chi connectivity index (χ1v) is 11.0. The third-order valence-corrected chi connectivity index (χ3v) is 5.54. The van der Waals surface area contributed by atoms with Crippen LogP contribution in [-0.2, 0) is 18.3 Å². The van der Waals surface area contributed by atoms with E-state index in [1.807, 2.05) is 30.3 Å². The molecule has 1 N–H and O–H groups in total. The van der Waals surface area contributed by atoms with Gasteiger partial charge in [-0.1, -0.05) is 48.4 Å². The molecule has 1 fully saturated rings. The van der Waals surface area contributed by atoms with Gasteiger partial charge in [0, 0.05) is 31.7 Å². The van der Waals surface area contributed by atoms with Crippen LogP contribution >= 0.6 is 0 Å². The second-order valence-electron chi connectivity index (χ2n) is 8.19. The lowest BCUT2D eigenvalue weighted by Crippen LogP contribution is -2.36. The van der Waals surface area contributed by atoms with Crippen molar-refractivity contribution in [3.05, 3.63) is 66.0 Å². The van der Waals surface area contributed by atoms with Crippen molar-refractivity contribution in [2.45, 2.75) is 31.5 Å². The number of para-hydroxylation sites is 1. The summed E-state index contributed by atoms with van der Waals surface area (Å²) in [7, 11) is 1.79. The van der Waals surface area contributed by atoms with Crippen molar-refractivity contribution in [2.75, 3.05) is 19.8 Å². The Kier molecular flexibility index (Phi) is 7.40. The molecule has 1 unspecified atom stereocenters. The van der Waals surface area contributed by atoms with Crippen molar-refractivity contribution in [1.82, 2.24) is 14.7 Å². The topological polar surface area (TPSA) is 59.8 Å². The molecule has 1 aliphatic rings. The standard InChI is InChI=1S/C26H28FN3O3/c1-3-15-32-18-21(31)16-30(20-13-14-20)17-22-25(19-9-5-4-6-10-19)28-29(2)26(22)33-24-12-8-7-11-23(24)27/h1,4-12,20-21,31H,13-18H2,2H3. The van der Waals surface area contributed by atoms with E-state index in [-0.39, 0.29) is 19.0 Å². The van der Waals surface area contributed by atoms with Crippen molar-refractivity contribution < 1.29 is 19.0 Å². The summed E-state index contributed by atoms with van der Waals surface area (Å²) in [6.07, 6.45) is 6.67. The Morgan fingerprint density at radius 2 is 1.94 bits per heavy atom. The fourth-order valence-corrected chi connectivity index (χ4v) is 3.84. The zero-order valence-electron chi connectivity index (χ0n) is 18.7. The van der Waals surface area contributed by atoms with Gasteiger partial charge < -0.3 is 14.6 Å². The van der Waals surface area contributed by atoms with Gasteiger partial charge in [-0.2, -0.15) is 5.10 Å². The van der Waals surface area contributed by atoms with Crippen LogP contribution in [0.15, 0.2) is 54.6 Å². The van der Waals surface area contributed by atoms with Gasteiger partial charge in [0.25, 0.3) is 0 Å². The average molecular weight is 450 g/mol. The molecule has 6 nitrogen and oxygen atoms in total. The molecule has 0 aliphatic heterocycles. The number of nitrogens with zero attached hydrogens (tertiary/aromatic N) is 3. The van der Waals surface area contributed by atoms with Gasteiger partial charge in [-0.25, -0.2) is 9.07 Å². The molecule has 1 aromatic heterocycles. The van der Waals surface area contributed by atoms with Crippen LogP contribution in [0.25, 0.3) is 11.3 Å². The molecule has 0 bridgehead atoms. The third kappa shape index (κ3) is 5.79. The van der Waals surface area contributed by atoms with Gasteiger partial charge in [0.05, 0.1) is 18.3 Å². The van der Waals surface area contributed by atoms with Gasteiger partial charge in [-0.05, 0) is 25.0 Å². The largest absolute Gasteiger partial charge is 0.436 e. The molecule has 1 aliphatic carbocycles. The molecule has 0 radical (unpaired) electrons. The fourth-order valence-electron chi connectivity index (χ4n) is 3.84. The highest BCUT2D eigenvalue weighted by Crippen LogP contribution is 2.37. The Balaban J connectivity index is 1.65. The zero-order valence-corrected chi connectivity index (χ0v) is 18.7. The van der Waals surface area contributed by atoms with Crippen molar-refractivity contribution in [2.24, 2.45) is 7.05 Å². The Morgan fingerprint density at radius 3 is 2.64 bits per heavy atom. The molecular weight excluding hydrogens is 421 g/mol. The van der Waals surface area contributed by atoms with Crippen molar-refractivity contribution in [3.63, 3.8) is 0 Å². The van der Waals surface area contributed by atoms with Crippen molar-refractivity contribution in [3.8, 4) is 35.2 Å². The number of benzene rings is 2. The fraction of sp³-hybridized carbons (Fsp3) is 0.346. The summed E-state index contributed by atoms with van der Waals surface area (Å²) in [4.78, 5) is 2.21. The Morgan fingerprint density at radius 1 is 1.21 bits per heavy atom. The van der Waals surface area contributed by atoms with Crippen molar-refractivity contribution in [1.29, 1.82) is 0 Å².